The topological polar surface area (TPSA) is 95.6 Å². The van der Waals surface area contributed by atoms with Crippen molar-refractivity contribution >= 4 is 38.9 Å². The molecule has 0 heterocycles. The Morgan fingerprint density at radius 2 is 1.14 bits per heavy atom. The molecule has 0 bridgehead atoms. The highest BCUT2D eigenvalue weighted by Crippen LogP contribution is 2.23. The summed E-state index contributed by atoms with van der Waals surface area (Å²) in [5.74, 6) is -0.745. The lowest BCUT2D eigenvalue weighted by Gasteiger charge is -2.19. The summed E-state index contributed by atoms with van der Waals surface area (Å²) in [6.45, 7) is 0. The van der Waals surface area contributed by atoms with Crippen LogP contribution in [0, 0.1) is 0 Å². The monoisotopic (exact) mass is 485 g/mol. The lowest BCUT2D eigenvalue weighted by molar-refractivity contribution is 0.101. The zero-order chi connectivity index (χ0) is 24.8. The summed E-state index contributed by atoms with van der Waals surface area (Å²) >= 11 is 0. The van der Waals surface area contributed by atoms with E-state index in [4.69, 9.17) is 0 Å². The molecule has 0 aromatic heterocycles. The number of nitrogens with one attached hydrogen (secondary N) is 2. The number of hydrogen-bond acceptors (Lipinski definition) is 4. The number of anilines is 3. The molecular formula is C27H23N3O4S. The average Bonchev–Trinajstić information content (AvgIpc) is 2.89. The predicted octanol–water partition coefficient (Wildman–Crippen LogP) is 5.02. The van der Waals surface area contributed by atoms with Crippen LogP contribution in [0.2, 0.25) is 0 Å². The summed E-state index contributed by atoms with van der Waals surface area (Å²) in [6.07, 6.45) is 0. The predicted molar refractivity (Wildman–Crippen MR) is 137 cm³/mol. The van der Waals surface area contributed by atoms with Gasteiger partial charge in [-0.15, -0.1) is 0 Å². The molecule has 4 aromatic rings. The second-order valence-corrected chi connectivity index (χ2v) is 9.66. The molecule has 35 heavy (non-hydrogen) atoms. The Bertz CT molecular complexity index is 1460. The standard InChI is InChI=1S/C27H23N3O4S/c1-30(24-15-6-3-7-16-24)35(33,34)25-17-8-12-21(18-25)27(32)29-23-14-9-13-22(19-23)28-26(31)20-10-4-2-5-11-20/h2-19H,1H3,(H,28,31)(H,29,32). The van der Waals surface area contributed by atoms with Crippen LogP contribution in [0.15, 0.2) is 114 Å². The van der Waals surface area contributed by atoms with Crippen LogP contribution >= 0.6 is 0 Å². The van der Waals surface area contributed by atoms with E-state index in [0.29, 0.717) is 22.6 Å². The van der Waals surface area contributed by atoms with Crippen molar-refractivity contribution in [1.82, 2.24) is 0 Å². The van der Waals surface area contributed by atoms with E-state index in [0.717, 1.165) is 0 Å². The smallest absolute Gasteiger partial charge is 0.264 e. The molecule has 0 saturated heterocycles. The van der Waals surface area contributed by atoms with Crippen LogP contribution in [0.1, 0.15) is 20.7 Å². The summed E-state index contributed by atoms with van der Waals surface area (Å²) < 4.78 is 27.3. The Morgan fingerprint density at radius 3 is 1.77 bits per heavy atom. The molecule has 4 aromatic carbocycles. The van der Waals surface area contributed by atoms with Crippen LogP contribution in [0.4, 0.5) is 17.1 Å². The zero-order valence-electron chi connectivity index (χ0n) is 18.9. The number of amides is 2. The van der Waals surface area contributed by atoms with Crippen molar-refractivity contribution in [3.05, 3.63) is 120 Å². The molecule has 0 aliphatic rings. The number of hydrogen-bond donors (Lipinski definition) is 2. The molecule has 0 unspecified atom stereocenters. The van der Waals surface area contributed by atoms with Crippen molar-refractivity contribution in [2.45, 2.75) is 4.90 Å². The fraction of sp³-hybridized carbons (Fsp3) is 0.0370. The van der Waals surface area contributed by atoms with Crippen LogP contribution in [-0.4, -0.2) is 27.3 Å². The first kappa shape index (κ1) is 23.7. The molecule has 0 aliphatic carbocycles. The quantitative estimate of drug-likeness (QED) is 0.384. The molecule has 7 nitrogen and oxygen atoms in total. The summed E-state index contributed by atoms with van der Waals surface area (Å²) in [6, 6.07) is 30.1. The minimum atomic E-state index is -3.86. The van der Waals surface area contributed by atoms with E-state index in [1.807, 2.05) is 6.07 Å². The number of benzene rings is 4. The van der Waals surface area contributed by atoms with Gasteiger partial charge in [0, 0.05) is 29.5 Å². The first-order chi connectivity index (χ1) is 16.8. The third-order valence-corrected chi connectivity index (χ3v) is 7.07. The van der Waals surface area contributed by atoms with Crippen molar-refractivity contribution in [1.29, 1.82) is 0 Å². The van der Waals surface area contributed by atoms with Gasteiger partial charge in [0.25, 0.3) is 21.8 Å². The summed E-state index contributed by atoms with van der Waals surface area (Å²) in [5.41, 5.74) is 2.18. The van der Waals surface area contributed by atoms with Crippen molar-refractivity contribution in [2.75, 3.05) is 22.0 Å². The fourth-order valence-electron chi connectivity index (χ4n) is 3.40. The van der Waals surface area contributed by atoms with Crippen LogP contribution in [-0.2, 0) is 10.0 Å². The minimum absolute atomic E-state index is 0.000350. The molecule has 0 atom stereocenters. The van der Waals surface area contributed by atoms with E-state index in [-0.39, 0.29) is 16.4 Å². The zero-order valence-corrected chi connectivity index (χ0v) is 19.7. The lowest BCUT2D eigenvalue weighted by atomic mass is 10.2. The SMILES string of the molecule is CN(c1ccccc1)S(=O)(=O)c1cccc(C(=O)Nc2cccc(NC(=O)c3ccccc3)c2)c1. The lowest BCUT2D eigenvalue weighted by Crippen LogP contribution is -2.26. The third-order valence-electron chi connectivity index (χ3n) is 5.29. The third kappa shape index (κ3) is 5.56. The molecule has 8 heteroatoms. The number of carbonyl (C=O) groups is 2. The Morgan fingerprint density at radius 1 is 0.629 bits per heavy atom. The molecule has 2 amide bonds. The first-order valence-corrected chi connectivity index (χ1v) is 12.2. The highest BCUT2D eigenvalue weighted by Gasteiger charge is 2.22. The van der Waals surface area contributed by atoms with Gasteiger partial charge in [-0.05, 0) is 60.7 Å². The number of rotatable bonds is 7. The minimum Gasteiger partial charge on any atom is -0.322 e. The molecule has 0 aliphatic heterocycles. The Labute approximate surface area is 204 Å². The molecule has 176 valence electrons. The number of para-hydroxylation sites is 1. The van der Waals surface area contributed by atoms with E-state index < -0.39 is 15.9 Å². The molecule has 0 spiro atoms. The van der Waals surface area contributed by atoms with Gasteiger partial charge in [-0.3, -0.25) is 13.9 Å². The highest BCUT2D eigenvalue weighted by atomic mass is 32.2. The number of carbonyl (C=O) groups excluding carboxylic acids is 2. The van der Waals surface area contributed by atoms with Gasteiger partial charge in [-0.1, -0.05) is 48.5 Å². The van der Waals surface area contributed by atoms with Gasteiger partial charge >= 0.3 is 0 Å². The van der Waals surface area contributed by atoms with Crippen LogP contribution in [0.25, 0.3) is 0 Å². The van der Waals surface area contributed by atoms with E-state index >= 15 is 0 Å². The van der Waals surface area contributed by atoms with Gasteiger partial charge in [-0.2, -0.15) is 0 Å². The van der Waals surface area contributed by atoms with Crippen molar-refractivity contribution in [2.24, 2.45) is 0 Å². The Balaban J connectivity index is 1.50. The number of nitrogens with zero attached hydrogens (tertiary/aromatic N) is 1. The van der Waals surface area contributed by atoms with Crippen molar-refractivity contribution < 1.29 is 18.0 Å². The van der Waals surface area contributed by atoms with Gasteiger partial charge in [0.2, 0.25) is 0 Å². The highest BCUT2D eigenvalue weighted by molar-refractivity contribution is 7.92. The number of sulfonamides is 1. The molecular weight excluding hydrogens is 462 g/mol. The summed E-state index contributed by atoms with van der Waals surface area (Å²) in [7, 11) is -2.40. The van der Waals surface area contributed by atoms with Gasteiger partial charge in [0.15, 0.2) is 0 Å². The van der Waals surface area contributed by atoms with Gasteiger partial charge in [0.1, 0.15) is 0 Å². The van der Waals surface area contributed by atoms with Crippen molar-refractivity contribution in [3.8, 4) is 0 Å². The molecule has 2 N–H and O–H groups in total. The average molecular weight is 486 g/mol. The van der Waals surface area contributed by atoms with Gasteiger partial charge < -0.3 is 10.6 Å². The van der Waals surface area contributed by atoms with E-state index in [9.17, 15) is 18.0 Å². The van der Waals surface area contributed by atoms with Crippen LogP contribution < -0.4 is 14.9 Å². The fourth-order valence-corrected chi connectivity index (χ4v) is 4.65. The summed E-state index contributed by atoms with van der Waals surface area (Å²) in [5, 5.41) is 5.55. The maximum absolute atomic E-state index is 13.1. The largest absolute Gasteiger partial charge is 0.322 e. The maximum Gasteiger partial charge on any atom is 0.264 e. The Kier molecular flexibility index (Phi) is 6.93. The first-order valence-electron chi connectivity index (χ1n) is 10.8. The van der Waals surface area contributed by atoms with E-state index in [1.54, 1.807) is 78.9 Å². The van der Waals surface area contributed by atoms with Crippen LogP contribution in [0.5, 0.6) is 0 Å². The van der Waals surface area contributed by atoms with E-state index in [1.165, 1.54) is 35.6 Å². The molecule has 0 fully saturated rings. The van der Waals surface area contributed by atoms with Gasteiger partial charge in [0.05, 0.1) is 10.6 Å². The molecule has 0 saturated carbocycles. The van der Waals surface area contributed by atoms with Gasteiger partial charge in [-0.25, -0.2) is 8.42 Å². The molecule has 0 radical (unpaired) electrons. The second kappa shape index (κ2) is 10.2. The Hall–Kier alpha value is -4.43. The van der Waals surface area contributed by atoms with Crippen molar-refractivity contribution in [3.63, 3.8) is 0 Å². The molecule has 4 rings (SSSR count). The second-order valence-electron chi connectivity index (χ2n) is 7.69. The maximum atomic E-state index is 13.1. The normalized spacial score (nSPS) is 10.9. The van der Waals surface area contributed by atoms with Crippen LogP contribution in [0.3, 0.4) is 0 Å². The summed E-state index contributed by atoms with van der Waals surface area (Å²) in [4.78, 5) is 25.3. The van der Waals surface area contributed by atoms with E-state index in [2.05, 4.69) is 10.6 Å².